The van der Waals surface area contributed by atoms with Crippen molar-refractivity contribution in [2.75, 3.05) is 6.54 Å². The molecule has 7 nitrogen and oxygen atoms in total. The van der Waals surface area contributed by atoms with E-state index in [2.05, 4.69) is 10.6 Å². The average molecular weight is 295 g/mol. The number of carbonyl (C=O) groups is 1. The molecule has 0 bridgehead atoms. The zero-order chi connectivity index (χ0) is 15.8. The Morgan fingerprint density at radius 3 is 2.43 bits per heavy atom. The van der Waals surface area contributed by atoms with Gasteiger partial charge in [-0.1, -0.05) is 26.0 Å². The van der Waals surface area contributed by atoms with Crippen molar-refractivity contribution < 1.29 is 14.8 Å². The normalized spacial score (nSPS) is 12.0. The number of aliphatic hydroxyl groups excluding tert-OH is 1. The summed E-state index contributed by atoms with van der Waals surface area (Å²) >= 11 is 0. The Kier molecular flexibility index (Phi) is 6.61. The van der Waals surface area contributed by atoms with E-state index in [1.54, 1.807) is 12.1 Å². The molecule has 0 radical (unpaired) electrons. The highest BCUT2D eigenvalue weighted by Crippen LogP contribution is 2.11. The Morgan fingerprint density at radius 1 is 1.29 bits per heavy atom. The lowest BCUT2D eigenvalue weighted by Crippen LogP contribution is -2.39. The lowest BCUT2D eigenvalue weighted by Gasteiger charge is -2.14. The number of rotatable bonds is 7. The summed E-state index contributed by atoms with van der Waals surface area (Å²) in [4.78, 5) is 21.6. The number of non-ortho nitro benzene ring substituents is 1. The molecule has 0 fully saturated rings. The van der Waals surface area contributed by atoms with Crippen LogP contribution < -0.4 is 10.6 Å². The first-order chi connectivity index (χ1) is 9.88. The predicted octanol–water partition coefficient (Wildman–Crippen LogP) is 1.80. The Balaban J connectivity index is 2.31. The van der Waals surface area contributed by atoms with Crippen molar-refractivity contribution in [1.29, 1.82) is 0 Å². The van der Waals surface area contributed by atoms with Crippen LogP contribution in [0.2, 0.25) is 0 Å². The Hall–Kier alpha value is -2.15. The minimum atomic E-state index is -0.560. The zero-order valence-electron chi connectivity index (χ0n) is 12.2. The third kappa shape index (κ3) is 6.71. The maximum atomic E-state index is 11.5. The molecule has 1 rings (SSSR count). The van der Waals surface area contributed by atoms with E-state index >= 15 is 0 Å². The summed E-state index contributed by atoms with van der Waals surface area (Å²) in [7, 11) is 0. The molecule has 116 valence electrons. The summed E-state index contributed by atoms with van der Waals surface area (Å²) in [6.07, 6.45) is 0.0675. The summed E-state index contributed by atoms with van der Waals surface area (Å²) in [6, 6.07) is 5.58. The molecule has 1 aromatic carbocycles. The van der Waals surface area contributed by atoms with E-state index in [-0.39, 0.29) is 24.8 Å². The van der Waals surface area contributed by atoms with Gasteiger partial charge in [-0.3, -0.25) is 10.1 Å². The van der Waals surface area contributed by atoms with Crippen LogP contribution in [0.5, 0.6) is 0 Å². The molecule has 0 saturated carbocycles. The van der Waals surface area contributed by atoms with Gasteiger partial charge in [0.25, 0.3) is 5.69 Å². The maximum absolute atomic E-state index is 11.5. The minimum absolute atomic E-state index is 0.0139. The smallest absolute Gasteiger partial charge is 0.315 e. The van der Waals surface area contributed by atoms with Gasteiger partial charge in [-0.05, 0) is 17.9 Å². The topological polar surface area (TPSA) is 104 Å². The fourth-order valence-electron chi connectivity index (χ4n) is 1.82. The van der Waals surface area contributed by atoms with E-state index in [4.69, 9.17) is 0 Å². The van der Waals surface area contributed by atoms with Gasteiger partial charge in [0, 0.05) is 25.2 Å². The van der Waals surface area contributed by atoms with E-state index in [9.17, 15) is 20.0 Å². The van der Waals surface area contributed by atoms with Crippen LogP contribution in [-0.2, 0) is 6.54 Å². The first kappa shape index (κ1) is 16.9. The van der Waals surface area contributed by atoms with E-state index in [0.717, 1.165) is 5.56 Å². The first-order valence-electron chi connectivity index (χ1n) is 6.81. The van der Waals surface area contributed by atoms with Crippen LogP contribution in [0.15, 0.2) is 24.3 Å². The highest BCUT2D eigenvalue weighted by molar-refractivity contribution is 5.73. The predicted molar refractivity (Wildman–Crippen MR) is 78.8 cm³/mol. The number of amides is 2. The van der Waals surface area contributed by atoms with Gasteiger partial charge in [-0.25, -0.2) is 4.79 Å². The highest BCUT2D eigenvalue weighted by atomic mass is 16.6. The van der Waals surface area contributed by atoms with Crippen molar-refractivity contribution in [1.82, 2.24) is 10.6 Å². The summed E-state index contributed by atoms with van der Waals surface area (Å²) in [5.74, 6) is 0.366. The Bertz CT molecular complexity index is 474. The fraction of sp³-hybridized carbons (Fsp3) is 0.500. The van der Waals surface area contributed by atoms with Gasteiger partial charge >= 0.3 is 6.03 Å². The largest absolute Gasteiger partial charge is 0.391 e. The number of nitrogens with zero attached hydrogens (tertiary/aromatic N) is 1. The molecule has 0 heterocycles. The molecule has 0 saturated heterocycles. The molecule has 0 spiro atoms. The maximum Gasteiger partial charge on any atom is 0.315 e. The molecule has 1 atom stereocenters. The lowest BCUT2D eigenvalue weighted by atomic mass is 10.1. The van der Waals surface area contributed by atoms with Crippen LogP contribution in [0, 0.1) is 16.0 Å². The highest BCUT2D eigenvalue weighted by Gasteiger charge is 2.09. The van der Waals surface area contributed by atoms with Crippen LogP contribution in [0.3, 0.4) is 0 Å². The van der Waals surface area contributed by atoms with Gasteiger partial charge in [-0.15, -0.1) is 0 Å². The second-order valence-electron chi connectivity index (χ2n) is 5.27. The molecule has 0 aliphatic heterocycles. The average Bonchev–Trinajstić information content (AvgIpc) is 2.42. The van der Waals surface area contributed by atoms with Crippen LogP contribution in [0.4, 0.5) is 10.5 Å². The summed E-state index contributed by atoms with van der Waals surface area (Å²) in [5.41, 5.74) is 0.776. The Labute approximate surface area is 123 Å². The second kappa shape index (κ2) is 8.21. The quantitative estimate of drug-likeness (QED) is 0.527. The number of nitro benzene ring substituents is 1. The van der Waals surface area contributed by atoms with Crippen molar-refractivity contribution >= 4 is 11.7 Å². The van der Waals surface area contributed by atoms with Crippen molar-refractivity contribution in [2.45, 2.75) is 32.9 Å². The second-order valence-corrected chi connectivity index (χ2v) is 5.27. The third-order valence-electron chi connectivity index (χ3n) is 2.84. The molecule has 0 aliphatic carbocycles. The van der Waals surface area contributed by atoms with Gasteiger partial charge in [0.1, 0.15) is 0 Å². The standard InChI is InChI=1S/C14H21N3O4/c1-10(2)7-13(18)9-16-14(19)15-8-11-3-5-12(6-4-11)17(20)21/h3-6,10,13,18H,7-9H2,1-2H3,(H2,15,16,19). The molecule has 1 aromatic rings. The number of nitro groups is 1. The van der Waals surface area contributed by atoms with Gasteiger partial charge in [0.05, 0.1) is 11.0 Å². The zero-order valence-corrected chi connectivity index (χ0v) is 12.2. The number of nitrogens with one attached hydrogen (secondary N) is 2. The molecular formula is C14H21N3O4. The first-order valence-corrected chi connectivity index (χ1v) is 6.81. The van der Waals surface area contributed by atoms with E-state index < -0.39 is 11.0 Å². The number of aliphatic hydroxyl groups is 1. The number of urea groups is 1. The molecule has 7 heteroatoms. The van der Waals surface area contributed by atoms with Crippen LogP contribution in [0.25, 0.3) is 0 Å². The van der Waals surface area contributed by atoms with Gasteiger partial charge in [-0.2, -0.15) is 0 Å². The van der Waals surface area contributed by atoms with Crippen LogP contribution in [-0.4, -0.2) is 28.7 Å². The van der Waals surface area contributed by atoms with Crippen molar-refractivity contribution in [3.8, 4) is 0 Å². The summed E-state index contributed by atoms with van der Waals surface area (Å²) in [6.45, 7) is 4.46. The molecule has 0 aromatic heterocycles. The van der Waals surface area contributed by atoms with Gasteiger partial charge in [0.15, 0.2) is 0 Å². The number of hydrogen-bond donors (Lipinski definition) is 3. The fourth-order valence-corrected chi connectivity index (χ4v) is 1.82. The third-order valence-corrected chi connectivity index (χ3v) is 2.84. The summed E-state index contributed by atoms with van der Waals surface area (Å²) in [5, 5.41) is 25.3. The van der Waals surface area contributed by atoms with Crippen molar-refractivity contribution in [3.05, 3.63) is 39.9 Å². The molecule has 21 heavy (non-hydrogen) atoms. The van der Waals surface area contributed by atoms with E-state index in [1.165, 1.54) is 12.1 Å². The SMILES string of the molecule is CC(C)CC(O)CNC(=O)NCc1ccc([N+](=O)[O-])cc1. The van der Waals surface area contributed by atoms with Gasteiger partial charge in [0.2, 0.25) is 0 Å². The molecule has 1 unspecified atom stereocenters. The van der Waals surface area contributed by atoms with Crippen LogP contribution >= 0.6 is 0 Å². The lowest BCUT2D eigenvalue weighted by molar-refractivity contribution is -0.384. The Morgan fingerprint density at radius 2 is 1.90 bits per heavy atom. The number of carbonyl (C=O) groups excluding carboxylic acids is 1. The minimum Gasteiger partial charge on any atom is -0.391 e. The van der Waals surface area contributed by atoms with E-state index in [0.29, 0.717) is 12.3 Å². The molecule has 3 N–H and O–H groups in total. The number of hydrogen-bond acceptors (Lipinski definition) is 4. The van der Waals surface area contributed by atoms with Gasteiger partial charge < -0.3 is 15.7 Å². The van der Waals surface area contributed by atoms with Crippen LogP contribution in [0.1, 0.15) is 25.8 Å². The molecule has 0 aliphatic rings. The number of benzene rings is 1. The van der Waals surface area contributed by atoms with E-state index in [1.807, 2.05) is 13.8 Å². The van der Waals surface area contributed by atoms with Crippen molar-refractivity contribution in [2.24, 2.45) is 5.92 Å². The summed E-state index contributed by atoms with van der Waals surface area (Å²) < 4.78 is 0. The molecular weight excluding hydrogens is 274 g/mol. The monoisotopic (exact) mass is 295 g/mol. The molecule has 2 amide bonds. The van der Waals surface area contributed by atoms with Crippen molar-refractivity contribution in [3.63, 3.8) is 0 Å².